The molecule has 0 saturated carbocycles. The molecule has 0 aliphatic carbocycles. The second-order valence-corrected chi connectivity index (χ2v) is 7.21. The van der Waals surface area contributed by atoms with Gasteiger partial charge in [0.1, 0.15) is 12.4 Å². The van der Waals surface area contributed by atoms with E-state index in [1.54, 1.807) is 6.21 Å². The third-order valence-electron chi connectivity index (χ3n) is 4.73. The Bertz CT molecular complexity index is 1160. The lowest BCUT2D eigenvalue weighted by atomic mass is 10.0. The lowest BCUT2D eigenvalue weighted by Crippen LogP contribution is -2.00. The van der Waals surface area contributed by atoms with Crippen LogP contribution in [0.1, 0.15) is 16.7 Å². The maximum Gasteiger partial charge on any atom is 0.129 e. The molecular formula is C25H21ClN2O. The monoisotopic (exact) mass is 400 g/mol. The van der Waals surface area contributed by atoms with Gasteiger partial charge < -0.3 is 4.74 Å². The molecule has 0 spiro atoms. The fourth-order valence-electron chi connectivity index (χ4n) is 3.10. The minimum Gasteiger partial charge on any atom is -0.488 e. The fourth-order valence-corrected chi connectivity index (χ4v) is 3.28. The summed E-state index contributed by atoms with van der Waals surface area (Å²) in [6, 6.07) is 28.2. The van der Waals surface area contributed by atoms with Gasteiger partial charge in [-0.1, -0.05) is 78.3 Å². The highest BCUT2D eigenvalue weighted by molar-refractivity contribution is 6.31. The zero-order valence-corrected chi connectivity index (χ0v) is 16.9. The molecule has 0 atom stereocenters. The number of nitrogens with zero attached hydrogens (tertiary/aromatic N) is 1. The third-order valence-corrected chi connectivity index (χ3v) is 5.13. The van der Waals surface area contributed by atoms with Crippen molar-refractivity contribution >= 4 is 34.3 Å². The van der Waals surface area contributed by atoms with Crippen LogP contribution >= 0.6 is 11.6 Å². The Balaban J connectivity index is 1.62. The number of benzene rings is 4. The highest BCUT2D eigenvalue weighted by Crippen LogP contribution is 2.28. The van der Waals surface area contributed by atoms with Crippen molar-refractivity contribution in [1.29, 1.82) is 0 Å². The van der Waals surface area contributed by atoms with E-state index in [-0.39, 0.29) is 0 Å². The number of anilines is 1. The van der Waals surface area contributed by atoms with E-state index in [1.165, 1.54) is 0 Å². The van der Waals surface area contributed by atoms with Crippen LogP contribution in [-0.4, -0.2) is 6.21 Å². The SMILES string of the molecule is Cc1ccc(NN=Cc2c(OCc3ccccc3)ccc3ccccc23)cc1Cl. The molecule has 4 aromatic rings. The highest BCUT2D eigenvalue weighted by Gasteiger charge is 2.08. The van der Waals surface area contributed by atoms with E-state index in [4.69, 9.17) is 16.3 Å². The standard InChI is InChI=1S/C25H21ClN2O/c1-18-11-13-21(15-24(18)26)28-27-16-23-22-10-6-5-9-20(22)12-14-25(23)29-17-19-7-3-2-4-8-19/h2-16,28H,17H2,1H3. The zero-order valence-electron chi connectivity index (χ0n) is 16.1. The quantitative estimate of drug-likeness (QED) is 0.284. The minimum absolute atomic E-state index is 0.501. The Labute approximate surface area is 175 Å². The highest BCUT2D eigenvalue weighted by atomic mass is 35.5. The van der Waals surface area contributed by atoms with Gasteiger partial charge in [-0.2, -0.15) is 5.10 Å². The normalized spacial score (nSPS) is 11.1. The number of ether oxygens (including phenoxy) is 1. The summed E-state index contributed by atoms with van der Waals surface area (Å²) in [4.78, 5) is 0. The number of hydrogen-bond donors (Lipinski definition) is 1. The van der Waals surface area contributed by atoms with Crippen LogP contribution in [0.15, 0.2) is 90.0 Å². The van der Waals surface area contributed by atoms with Gasteiger partial charge in [-0.05, 0) is 47.0 Å². The van der Waals surface area contributed by atoms with Gasteiger partial charge in [-0.15, -0.1) is 0 Å². The summed E-state index contributed by atoms with van der Waals surface area (Å²) in [6.45, 7) is 2.48. The summed E-state index contributed by atoms with van der Waals surface area (Å²) in [5, 5.41) is 7.37. The molecule has 0 fully saturated rings. The predicted octanol–water partition coefficient (Wildman–Crippen LogP) is 6.83. The van der Waals surface area contributed by atoms with Crippen LogP contribution in [0.4, 0.5) is 5.69 Å². The van der Waals surface area contributed by atoms with E-state index in [0.717, 1.165) is 38.9 Å². The van der Waals surface area contributed by atoms with E-state index in [1.807, 2.05) is 61.5 Å². The second kappa shape index (κ2) is 8.80. The van der Waals surface area contributed by atoms with Crippen molar-refractivity contribution in [3.63, 3.8) is 0 Å². The molecule has 144 valence electrons. The van der Waals surface area contributed by atoms with Crippen LogP contribution < -0.4 is 10.2 Å². The van der Waals surface area contributed by atoms with Crippen molar-refractivity contribution in [2.45, 2.75) is 13.5 Å². The molecule has 0 aromatic heterocycles. The maximum absolute atomic E-state index is 6.20. The summed E-state index contributed by atoms with van der Waals surface area (Å²) in [5.41, 5.74) is 6.98. The van der Waals surface area contributed by atoms with Gasteiger partial charge in [0.05, 0.1) is 11.9 Å². The lowest BCUT2D eigenvalue weighted by Gasteiger charge is -2.12. The molecule has 4 heteroatoms. The topological polar surface area (TPSA) is 33.6 Å². The van der Waals surface area contributed by atoms with Crippen molar-refractivity contribution < 1.29 is 4.74 Å². The summed E-state index contributed by atoms with van der Waals surface area (Å²) < 4.78 is 6.13. The molecule has 0 amide bonds. The summed E-state index contributed by atoms with van der Waals surface area (Å²) in [5.74, 6) is 0.792. The Morgan fingerprint density at radius 2 is 1.72 bits per heavy atom. The molecule has 0 bridgehead atoms. The predicted molar refractivity (Wildman–Crippen MR) is 122 cm³/mol. The number of halogens is 1. The lowest BCUT2D eigenvalue weighted by molar-refractivity contribution is 0.306. The molecule has 29 heavy (non-hydrogen) atoms. The molecule has 0 radical (unpaired) electrons. The first kappa shape index (κ1) is 19.0. The number of hydrogen-bond acceptors (Lipinski definition) is 3. The average Bonchev–Trinajstić information content (AvgIpc) is 2.76. The molecule has 0 heterocycles. The molecule has 0 saturated heterocycles. The Hall–Kier alpha value is -3.30. The summed E-state index contributed by atoms with van der Waals surface area (Å²) >= 11 is 6.20. The minimum atomic E-state index is 0.501. The fraction of sp³-hybridized carbons (Fsp3) is 0.0800. The van der Waals surface area contributed by atoms with Gasteiger partial charge >= 0.3 is 0 Å². The first-order valence-corrected chi connectivity index (χ1v) is 9.82. The summed E-state index contributed by atoms with van der Waals surface area (Å²) in [7, 11) is 0. The first-order valence-electron chi connectivity index (χ1n) is 9.44. The van der Waals surface area contributed by atoms with E-state index in [9.17, 15) is 0 Å². The Morgan fingerprint density at radius 1 is 0.931 bits per heavy atom. The van der Waals surface area contributed by atoms with E-state index in [2.05, 4.69) is 40.9 Å². The average molecular weight is 401 g/mol. The van der Waals surface area contributed by atoms with Crippen molar-refractivity contribution in [1.82, 2.24) is 0 Å². The van der Waals surface area contributed by atoms with Crippen molar-refractivity contribution in [3.05, 3.63) is 107 Å². The van der Waals surface area contributed by atoms with Crippen LogP contribution in [0.5, 0.6) is 5.75 Å². The third kappa shape index (κ3) is 4.58. The Kier molecular flexibility index (Phi) is 5.78. The van der Waals surface area contributed by atoms with E-state index in [0.29, 0.717) is 11.6 Å². The molecule has 0 aliphatic rings. The van der Waals surface area contributed by atoms with Crippen molar-refractivity contribution in [3.8, 4) is 5.75 Å². The molecule has 4 rings (SSSR count). The Morgan fingerprint density at radius 3 is 2.55 bits per heavy atom. The van der Waals surface area contributed by atoms with Gasteiger partial charge in [-0.3, -0.25) is 5.43 Å². The summed E-state index contributed by atoms with van der Waals surface area (Å²) in [6.07, 6.45) is 1.80. The number of rotatable bonds is 6. The molecule has 0 unspecified atom stereocenters. The van der Waals surface area contributed by atoms with E-state index < -0.39 is 0 Å². The molecule has 1 N–H and O–H groups in total. The van der Waals surface area contributed by atoms with Gasteiger partial charge in [0, 0.05) is 10.6 Å². The van der Waals surface area contributed by atoms with E-state index >= 15 is 0 Å². The molecule has 3 nitrogen and oxygen atoms in total. The maximum atomic E-state index is 6.20. The number of hydrazone groups is 1. The van der Waals surface area contributed by atoms with Gasteiger partial charge in [0.15, 0.2) is 0 Å². The van der Waals surface area contributed by atoms with Crippen LogP contribution in [0.2, 0.25) is 5.02 Å². The van der Waals surface area contributed by atoms with Crippen molar-refractivity contribution in [2.75, 3.05) is 5.43 Å². The number of aryl methyl sites for hydroxylation is 1. The molecule has 4 aromatic carbocycles. The van der Waals surface area contributed by atoms with Gasteiger partial charge in [0.2, 0.25) is 0 Å². The van der Waals surface area contributed by atoms with Gasteiger partial charge in [-0.25, -0.2) is 0 Å². The van der Waals surface area contributed by atoms with Crippen molar-refractivity contribution in [2.24, 2.45) is 5.10 Å². The first-order chi connectivity index (χ1) is 14.2. The largest absolute Gasteiger partial charge is 0.488 e. The number of fused-ring (bicyclic) bond motifs is 1. The van der Waals surface area contributed by atoms with Crippen LogP contribution in [0.25, 0.3) is 10.8 Å². The molecular weight excluding hydrogens is 380 g/mol. The van der Waals surface area contributed by atoms with Crippen LogP contribution in [0, 0.1) is 6.92 Å². The van der Waals surface area contributed by atoms with Crippen LogP contribution in [0.3, 0.4) is 0 Å². The zero-order chi connectivity index (χ0) is 20.1. The van der Waals surface area contributed by atoms with Crippen LogP contribution in [-0.2, 0) is 6.61 Å². The number of nitrogens with one attached hydrogen (secondary N) is 1. The van der Waals surface area contributed by atoms with Gasteiger partial charge in [0.25, 0.3) is 0 Å². The molecule has 0 aliphatic heterocycles. The smallest absolute Gasteiger partial charge is 0.129 e. The second-order valence-electron chi connectivity index (χ2n) is 6.81.